The Morgan fingerprint density at radius 2 is 1.82 bits per heavy atom. The Bertz CT molecular complexity index is 987. The van der Waals surface area contributed by atoms with E-state index in [1.54, 1.807) is 31.2 Å². The van der Waals surface area contributed by atoms with Crippen LogP contribution in [0.4, 0.5) is 5.69 Å². The number of sulfonamides is 1. The van der Waals surface area contributed by atoms with Gasteiger partial charge in [-0.1, -0.05) is 24.1 Å². The number of hydrogen-bond acceptors (Lipinski definition) is 4. The van der Waals surface area contributed by atoms with Crippen LogP contribution in [0, 0.1) is 6.92 Å². The number of piperidine rings is 1. The number of nitrogens with zero attached hydrogens (tertiary/aromatic N) is 1. The van der Waals surface area contributed by atoms with Crippen LogP contribution in [0.15, 0.2) is 46.2 Å². The van der Waals surface area contributed by atoms with Crippen molar-refractivity contribution in [1.82, 2.24) is 4.31 Å². The molecule has 0 spiro atoms. The third-order valence-corrected chi connectivity index (χ3v) is 7.89. The molecular formula is C20H23ClN2O3S2. The van der Waals surface area contributed by atoms with Crippen LogP contribution in [-0.2, 0) is 10.0 Å². The standard InChI is InChI=1S/C20H23ClN2O3S2/c1-14-6-7-15(12-19(14)28(25,26)23-10-4-3-5-11-23)22-20(24)17-13-16(27-2)8-9-18(17)21/h6-9,12-13H,3-5,10-11H2,1-2H3,(H,22,24). The number of carbonyl (C=O) groups excluding carboxylic acids is 1. The summed E-state index contributed by atoms with van der Waals surface area (Å²) in [6, 6.07) is 10.2. The van der Waals surface area contributed by atoms with Gasteiger partial charge >= 0.3 is 0 Å². The van der Waals surface area contributed by atoms with Gasteiger partial charge in [0.2, 0.25) is 10.0 Å². The monoisotopic (exact) mass is 438 g/mol. The first-order chi connectivity index (χ1) is 13.3. The van der Waals surface area contributed by atoms with Crippen LogP contribution in [0.25, 0.3) is 0 Å². The molecule has 3 rings (SSSR count). The third kappa shape index (κ3) is 4.54. The molecule has 2 aromatic carbocycles. The predicted octanol–water partition coefficient (Wildman–Crippen LogP) is 4.80. The van der Waals surface area contributed by atoms with E-state index in [2.05, 4.69) is 5.32 Å². The lowest BCUT2D eigenvalue weighted by molar-refractivity contribution is 0.102. The molecule has 0 radical (unpaired) electrons. The van der Waals surface area contributed by atoms with Crippen molar-refractivity contribution in [2.75, 3.05) is 24.7 Å². The van der Waals surface area contributed by atoms with E-state index in [-0.39, 0.29) is 10.8 Å². The van der Waals surface area contributed by atoms with Gasteiger partial charge in [-0.25, -0.2) is 8.42 Å². The maximum absolute atomic E-state index is 13.0. The van der Waals surface area contributed by atoms with Crippen LogP contribution in [0.5, 0.6) is 0 Å². The van der Waals surface area contributed by atoms with Crippen LogP contribution in [0.1, 0.15) is 35.2 Å². The summed E-state index contributed by atoms with van der Waals surface area (Å²) >= 11 is 7.69. The first-order valence-corrected chi connectivity index (χ1v) is 12.1. The number of halogens is 1. The Morgan fingerprint density at radius 3 is 2.50 bits per heavy atom. The number of benzene rings is 2. The minimum Gasteiger partial charge on any atom is -0.322 e. The number of thioether (sulfide) groups is 1. The fourth-order valence-electron chi connectivity index (χ4n) is 3.20. The molecule has 0 atom stereocenters. The Kier molecular flexibility index (Phi) is 6.70. The van der Waals surface area contributed by atoms with E-state index in [9.17, 15) is 13.2 Å². The second-order valence-electron chi connectivity index (χ2n) is 6.74. The molecule has 1 aliphatic heterocycles. The summed E-state index contributed by atoms with van der Waals surface area (Å²) < 4.78 is 27.6. The van der Waals surface area contributed by atoms with Crippen molar-refractivity contribution < 1.29 is 13.2 Å². The number of nitrogens with one attached hydrogen (secondary N) is 1. The highest BCUT2D eigenvalue weighted by Crippen LogP contribution is 2.27. The predicted molar refractivity (Wildman–Crippen MR) is 115 cm³/mol. The quantitative estimate of drug-likeness (QED) is 0.681. The summed E-state index contributed by atoms with van der Waals surface area (Å²) in [6.07, 6.45) is 4.72. The molecule has 0 aliphatic carbocycles. The number of anilines is 1. The normalized spacial score (nSPS) is 15.4. The molecule has 0 saturated carbocycles. The number of rotatable bonds is 5. The summed E-state index contributed by atoms with van der Waals surface area (Å²) in [5, 5.41) is 3.13. The first kappa shape index (κ1) is 21.2. The molecule has 1 saturated heterocycles. The molecule has 2 aromatic rings. The molecule has 1 heterocycles. The summed E-state index contributed by atoms with van der Waals surface area (Å²) in [7, 11) is -3.58. The lowest BCUT2D eigenvalue weighted by atomic mass is 10.2. The summed E-state index contributed by atoms with van der Waals surface area (Å²) in [5.41, 5.74) is 1.44. The molecule has 0 aromatic heterocycles. The number of hydrogen-bond donors (Lipinski definition) is 1. The highest BCUT2D eigenvalue weighted by molar-refractivity contribution is 7.98. The number of amides is 1. The van der Waals surface area contributed by atoms with Gasteiger partial charge in [0, 0.05) is 23.7 Å². The molecule has 28 heavy (non-hydrogen) atoms. The number of carbonyl (C=O) groups is 1. The summed E-state index contributed by atoms with van der Waals surface area (Å²) in [5.74, 6) is -0.369. The van der Waals surface area contributed by atoms with Gasteiger partial charge in [-0.05, 0) is 61.9 Å². The van der Waals surface area contributed by atoms with Crippen LogP contribution in [0.2, 0.25) is 5.02 Å². The summed E-state index contributed by atoms with van der Waals surface area (Å²) in [6.45, 7) is 2.84. The molecule has 8 heteroatoms. The Labute approximate surface area is 175 Å². The van der Waals surface area contributed by atoms with Gasteiger partial charge in [0.25, 0.3) is 5.91 Å². The van der Waals surface area contributed by atoms with Gasteiger partial charge < -0.3 is 5.32 Å². The summed E-state index contributed by atoms with van der Waals surface area (Å²) in [4.78, 5) is 13.8. The minimum absolute atomic E-state index is 0.233. The molecule has 1 fully saturated rings. The zero-order chi connectivity index (χ0) is 20.3. The van der Waals surface area contributed by atoms with Crippen LogP contribution in [-0.4, -0.2) is 38.0 Å². The zero-order valence-corrected chi connectivity index (χ0v) is 18.3. The maximum Gasteiger partial charge on any atom is 0.257 e. The molecule has 1 N–H and O–H groups in total. The van der Waals surface area contributed by atoms with Crippen LogP contribution >= 0.6 is 23.4 Å². The smallest absolute Gasteiger partial charge is 0.257 e. The van der Waals surface area contributed by atoms with Crippen molar-refractivity contribution in [3.63, 3.8) is 0 Å². The van der Waals surface area contributed by atoms with Gasteiger partial charge in [-0.15, -0.1) is 11.8 Å². The molecule has 0 bridgehead atoms. The fraction of sp³-hybridized carbons (Fsp3) is 0.350. The van der Waals surface area contributed by atoms with Crippen LogP contribution < -0.4 is 5.32 Å². The lowest BCUT2D eigenvalue weighted by Gasteiger charge is -2.26. The fourth-order valence-corrected chi connectivity index (χ4v) is 5.61. The Balaban J connectivity index is 1.88. The highest BCUT2D eigenvalue weighted by atomic mass is 35.5. The second kappa shape index (κ2) is 8.86. The number of aryl methyl sites for hydroxylation is 1. The van der Waals surface area contributed by atoms with Gasteiger partial charge in [0.15, 0.2) is 0 Å². The van der Waals surface area contributed by atoms with E-state index in [0.29, 0.717) is 34.9 Å². The van der Waals surface area contributed by atoms with Gasteiger partial charge in [-0.2, -0.15) is 4.31 Å². The molecular weight excluding hydrogens is 416 g/mol. The van der Waals surface area contributed by atoms with E-state index in [1.165, 1.54) is 22.1 Å². The molecule has 1 aliphatic rings. The average Bonchev–Trinajstić information content (AvgIpc) is 2.70. The first-order valence-electron chi connectivity index (χ1n) is 9.08. The largest absolute Gasteiger partial charge is 0.322 e. The van der Waals surface area contributed by atoms with E-state index >= 15 is 0 Å². The van der Waals surface area contributed by atoms with E-state index < -0.39 is 10.0 Å². The van der Waals surface area contributed by atoms with Crippen molar-refractivity contribution in [3.05, 3.63) is 52.5 Å². The van der Waals surface area contributed by atoms with Gasteiger partial charge in [0.05, 0.1) is 15.5 Å². The lowest BCUT2D eigenvalue weighted by Crippen LogP contribution is -2.36. The Morgan fingerprint density at radius 1 is 1.11 bits per heavy atom. The molecule has 5 nitrogen and oxygen atoms in total. The average molecular weight is 439 g/mol. The van der Waals surface area contributed by atoms with E-state index in [1.807, 2.05) is 12.3 Å². The highest BCUT2D eigenvalue weighted by Gasteiger charge is 2.27. The zero-order valence-electron chi connectivity index (χ0n) is 15.9. The van der Waals surface area contributed by atoms with Crippen molar-refractivity contribution in [2.24, 2.45) is 0 Å². The van der Waals surface area contributed by atoms with Gasteiger partial charge in [0.1, 0.15) is 0 Å². The Hall–Kier alpha value is -1.54. The second-order valence-corrected chi connectivity index (χ2v) is 9.94. The van der Waals surface area contributed by atoms with Gasteiger partial charge in [-0.3, -0.25) is 4.79 Å². The maximum atomic E-state index is 13.0. The molecule has 150 valence electrons. The van der Waals surface area contributed by atoms with Crippen molar-refractivity contribution in [2.45, 2.75) is 36.0 Å². The van der Waals surface area contributed by atoms with Crippen molar-refractivity contribution in [3.8, 4) is 0 Å². The minimum atomic E-state index is -3.58. The molecule has 1 amide bonds. The molecule has 0 unspecified atom stereocenters. The topological polar surface area (TPSA) is 66.5 Å². The third-order valence-electron chi connectivity index (χ3n) is 4.80. The van der Waals surface area contributed by atoms with Crippen LogP contribution in [0.3, 0.4) is 0 Å². The van der Waals surface area contributed by atoms with E-state index in [4.69, 9.17) is 11.6 Å². The van der Waals surface area contributed by atoms with Crippen molar-refractivity contribution >= 4 is 45.0 Å². The van der Waals surface area contributed by atoms with Crippen molar-refractivity contribution in [1.29, 1.82) is 0 Å². The SMILES string of the molecule is CSc1ccc(Cl)c(C(=O)Nc2ccc(C)c(S(=O)(=O)N3CCCCC3)c2)c1. The van der Waals surface area contributed by atoms with E-state index in [0.717, 1.165) is 24.2 Å².